The molecule has 7 heteroatoms. The molecule has 2 unspecified atom stereocenters. The zero-order valence-electron chi connectivity index (χ0n) is 19.9. The summed E-state index contributed by atoms with van der Waals surface area (Å²) in [5, 5.41) is 12.3. The van der Waals surface area contributed by atoms with E-state index in [2.05, 4.69) is 29.6 Å². The van der Waals surface area contributed by atoms with Crippen LogP contribution >= 0.6 is 0 Å². The van der Waals surface area contributed by atoms with Gasteiger partial charge >= 0.3 is 12.1 Å². The highest BCUT2D eigenvalue weighted by Crippen LogP contribution is 2.44. The summed E-state index contributed by atoms with van der Waals surface area (Å²) < 4.78 is 5.55. The Kier molecular flexibility index (Phi) is 6.64. The third-order valence-corrected chi connectivity index (χ3v) is 7.16. The molecule has 34 heavy (non-hydrogen) atoms. The molecule has 1 aliphatic carbocycles. The Hall–Kier alpha value is -3.35. The molecular formula is C27H32N2O5. The topological polar surface area (TPSA) is 95.9 Å². The summed E-state index contributed by atoms with van der Waals surface area (Å²) in [7, 11) is 0. The molecule has 2 atom stereocenters. The van der Waals surface area contributed by atoms with E-state index in [1.54, 1.807) is 13.8 Å². The van der Waals surface area contributed by atoms with Gasteiger partial charge in [0.2, 0.25) is 5.91 Å². The van der Waals surface area contributed by atoms with Crippen molar-refractivity contribution in [2.24, 2.45) is 11.3 Å². The van der Waals surface area contributed by atoms with E-state index in [0.717, 1.165) is 11.1 Å². The van der Waals surface area contributed by atoms with Crippen LogP contribution in [-0.2, 0) is 14.3 Å². The maximum Gasteiger partial charge on any atom is 0.407 e. The number of fused-ring (bicyclic) bond motifs is 3. The van der Waals surface area contributed by atoms with Crippen LogP contribution < -0.4 is 5.32 Å². The average molecular weight is 465 g/mol. The zero-order valence-corrected chi connectivity index (χ0v) is 19.9. The van der Waals surface area contributed by atoms with Gasteiger partial charge in [0.25, 0.3) is 0 Å². The van der Waals surface area contributed by atoms with Gasteiger partial charge in [-0.15, -0.1) is 0 Å². The number of nitrogens with zero attached hydrogens (tertiary/aromatic N) is 1. The second-order valence-corrected chi connectivity index (χ2v) is 9.93. The summed E-state index contributed by atoms with van der Waals surface area (Å²) in [4.78, 5) is 38.6. The second-order valence-electron chi connectivity index (χ2n) is 9.93. The van der Waals surface area contributed by atoms with Crippen LogP contribution in [0.5, 0.6) is 0 Å². The molecule has 0 bridgehead atoms. The van der Waals surface area contributed by atoms with Crippen molar-refractivity contribution in [3.63, 3.8) is 0 Å². The first-order valence-corrected chi connectivity index (χ1v) is 11.8. The maximum atomic E-state index is 13.1. The normalized spacial score (nSPS) is 19.4. The minimum absolute atomic E-state index is 0.0127. The highest BCUT2D eigenvalue weighted by molar-refractivity contribution is 5.88. The predicted octanol–water partition coefficient (Wildman–Crippen LogP) is 4.26. The van der Waals surface area contributed by atoms with Gasteiger partial charge in [0.1, 0.15) is 12.6 Å². The number of alkyl carbamates (subject to hydrolysis) is 1. The van der Waals surface area contributed by atoms with Gasteiger partial charge in [0.15, 0.2) is 0 Å². The number of rotatable bonds is 7. The van der Waals surface area contributed by atoms with Gasteiger partial charge in [-0.3, -0.25) is 4.79 Å². The largest absolute Gasteiger partial charge is 0.480 e. The molecule has 2 N–H and O–H groups in total. The zero-order chi connectivity index (χ0) is 24.5. The van der Waals surface area contributed by atoms with Crippen molar-refractivity contribution in [2.45, 2.75) is 45.6 Å². The Morgan fingerprint density at radius 2 is 1.65 bits per heavy atom. The first kappa shape index (κ1) is 23.8. The van der Waals surface area contributed by atoms with Crippen molar-refractivity contribution in [2.75, 3.05) is 19.7 Å². The highest BCUT2D eigenvalue weighted by atomic mass is 16.5. The minimum atomic E-state index is -0.967. The van der Waals surface area contributed by atoms with Crippen molar-refractivity contribution in [3.05, 3.63) is 59.7 Å². The molecule has 1 saturated heterocycles. The van der Waals surface area contributed by atoms with Crippen LogP contribution in [0.1, 0.15) is 50.7 Å². The van der Waals surface area contributed by atoms with E-state index < -0.39 is 23.5 Å². The molecule has 0 spiro atoms. The molecule has 4 rings (SSSR count). The molecule has 2 amide bonds. The Labute approximate surface area is 200 Å². The minimum Gasteiger partial charge on any atom is -0.480 e. The van der Waals surface area contributed by atoms with E-state index >= 15 is 0 Å². The summed E-state index contributed by atoms with van der Waals surface area (Å²) in [6.45, 7) is 6.37. The van der Waals surface area contributed by atoms with Gasteiger partial charge in [-0.25, -0.2) is 9.59 Å². The van der Waals surface area contributed by atoms with Gasteiger partial charge in [-0.05, 0) is 41.0 Å². The van der Waals surface area contributed by atoms with Crippen LogP contribution in [0.3, 0.4) is 0 Å². The fraction of sp³-hybridized carbons (Fsp3) is 0.444. The molecule has 2 aliphatic rings. The number of carbonyl (C=O) groups is 3. The maximum absolute atomic E-state index is 13.1. The summed E-state index contributed by atoms with van der Waals surface area (Å²) in [6.07, 6.45) is 0.535. The molecule has 0 aromatic heterocycles. The van der Waals surface area contributed by atoms with E-state index in [4.69, 9.17) is 4.74 Å². The Morgan fingerprint density at radius 1 is 1.06 bits per heavy atom. The molecule has 1 aliphatic heterocycles. The Bertz CT molecular complexity index is 1050. The molecule has 2 aromatic rings. The van der Waals surface area contributed by atoms with Crippen LogP contribution in [0.4, 0.5) is 4.79 Å². The van der Waals surface area contributed by atoms with Gasteiger partial charge < -0.3 is 20.1 Å². The SMILES string of the molecule is CC1CCN(C(=O)C(C)(C)CCNC(=O)OCC2c3ccccc3-c3ccccc32)C1C(=O)O. The van der Waals surface area contributed by atoms with Gasteiger partial charge in [-0.2, -0.15) is 0 Å². The lowest BCUT2D eigenvalue weighted by molar-refractivity contribution is -0.153. The summed E-state index contributed by atoms with van der Waals surface area (Å²) in [5.74, 6) is -1.25. The third kappa shape index (κ3) is 4.52. The second kappa shape index (κ2) is 9.49. The summed E-state index contributed by atoms with van der Waals surface area (Å²) >= 11 is 0. The molecular weight excluding hydrogens is 432 g/mol. The van der Waals surface area contributed by atoms with E-state index in [0.29, 0.717) is 19.4 Å². The molecule has 0 saturated carbocycles. The van der Waals surface area contributed by atoms with Crippen molar-refractivity contribution in [1.82, 2.24) is 10.2 Å². The molecule has 0 radical (unpaired) electrons. The van der Waals surface area contributed by atoms with E-state index in [9.17, 15) is 19.5 Å². The number of carboxylic acids is 1. The number of likely N-dealkylation sites (tertiary alicyclic amines) is 1. The molecule has 1 fully saturated rings. The lowest BCUT2D eigenvalue weighted by Gasteiger charge is -2.32. The van der Waals surface area contributed by atoms with Crippen molar-refractivity contribution >= 4 is 18.0 Å². The molecule has 1 heterocycles. The first-order chi connectivity index (χ1) is 16.2. The lowest BCUT2D eigenvalue weighted by Crippen LogP contribution is -2.48. The quantitative estimate of drug-likeness (QED) is 0.638. The average Bonchev–Trinajstić information content (AvgIpc) is 3.35. The molecule has 7 nitrogen and oxygen atoms in total. The Balaban J connectivity index is 1.30. The van der Waals surface area contributed by atoms with Crippen LogP contribution in [0, 0.1) is 11.3 Å². The van der Waals surface area contributed by atoms with Crippen LogP contribution in [-0.4, -0.2) is 53.7 Å². The number of amides is 2. The number of nitrogens with one attached hydrogen (secondary N) is 1. The summed E-state index contributed by atoms with van der Waals surface area (Å²) in [5.41, 5.74) is 3.84. The number of hydrogen-bond acceptors (Lipinski definition) is 4. The van der Waals surface area contributed by atoms with Crippen molar-refractivity contribution < 1.29 is 24.2 Å². The van der Waals surface area contributed by atoms with Crippen molar-refractivity contribution in [1.29, 1.82) is 0 Å². The van der Waals surface area contributed by atoms with Crippen LogP contribution in [0.25, 0.3) is 11.1 Å². The lowest BCUT2D eigenvalue weighted by atomic mass is 9.87. The van der Waals surface area contributed by atoms with Crippen molar-refractivity contribution in [3.8, 4) is 11.1 Å². The summed E-state index contributed by atoms with van der Waals surface area (Å²) in [6, 6.07) is 15.5. The number of hydrogen-bond donors (Lipinski definition) is 2. The van der Waals surface area contributed by atoms with E-state index in [1.165, 1.54) is 16.0 Å². The number of aliphatic carboxylic acids is 1. The van der Waals surface area contributed by atoms with Crippen LogP contribution in [0.15, 0.2) is 48.5 Å². The van der Waals surface area contributed by atoms with Gasteiger partial charge in [0.05, 0.1) is 0 Å². The molecule has 2 aromatic carbocycles. The van der Waals surface area contributed by atoms with Gasteiger partial charge in [-0.1, -0.05) is 69.3 Å². The number of carbonyl (C=O) groups excluding carboxylic acids is 2. The standard InChI is InChI=1S/C27H32N2O5/c1-17-12-15-29(23(17)24(30)31)25(32)27(2,3)13-14-28-26(33)34-16-22-20-10-6-4-8-18(20)19-9-5-7-11-21(19)22/h4-11,17,22-23H,12-16H2,1-3H3,(H,28,33)(H,30,31). The van der Waals surface area contributed by atoms with E-state index in [-0.39, 0.29) is 30.9 Å². The highest BCUT2D eigenvalue weighted by Gasteiger charge is 2.44. The van der Waals surface area contributed by atoms with Crippen LogP contribution in [0.2, 0.25) is 0 Å². The fourth-order valence-electron chi connectivity index (χ4n) is 5.17. The predicted molar refractivity (Wildman–Crippen MR) is 128 cm³/mol. The van der Waals surface area contributed by atoms with E-state index in [1.807, 2.05) is 31.2 Å². The smallest absolute Gasteiger partial charge is 0.407 e. The monoisotopic (exact) mass is 464 g/mol. The third-order valence-electron chi connectivity index (χ3n) is 7.16. The Morgan fingerprint density at radius 3 is 2.24 bits per heavy atom. The molecule has 180 valence electrons. The number of carboxylic acid groups (broad SMARTS) is 1. The number of ether oxygens (including phenoxy) is 1. The number of benzene rings is 2. The fourth-order valence-corrected chi connectivity index (χ4v) is 5.17. The van der Waals surface area contributed by atoms with Gasteiger partial charge in [0, 0.05) is 24.4 Å². The first-order valence-electron chi connectivity index (χ1n) is 11.8.